The Morgan fingerprint density at radius 3 is 1.18 bits per heavy atom. The molecule has 2 aliphatic carbocycles. The van der Waals surface area contributed by atoms with Gasteiger partial charge in [0, 0.05) is 0 Å². The Balaban J connectivity index is 0.000000199. The summed E-state index contributed by atoms with van der Waals surface area (Å²) in [6.45, 7) is 7.42. The minimum atomic E-state index is 0. The number of hydrogen-bond donors (Lipinski definition) is 0. The van der Waals surface area contributed by atoms with E-state index in [2.05, 4.69) is 142 Å². The molecule has 0 aliphatic heterocycles. The van der Waals surface area contributed by atoms with Gasteiger partial charge in [-0.15, -0.1) is 93.9 Å². The van der Waals surface area contributed by atoms with E-state index in [0.29, 0.717) is 0 Å². The van der Waals surface area contributed by atoms with Crippen LogP contribution in [0.4, 0.5) is 0 Å². The summed E-state index contributed by atoms with van der Waals surface area (Å²) >= 11 is 1.36. The van der Waals surface area contributed by atoms with E-state index in [9.17, 15) is 0 Å². The standard InChI is InChI=1S/2C22H17.2CH3.2ClH.Si.Zr/c2*1-14-12-17-5-3-6-18(21(17)13-14)19-11-10-16-9-8-15-4-2-7-20(19)22(15)16;;;;;;/h2*2-7,10-13H,8-9H2,1H3;2*1H3;2*1H;;/q4*-1;;;;. The van der Waals surface area contributed by atoms with Crippen molar-refractivity contribution in [3.8, 4) is 22.3 Å². The van der Waals surface area contributed by atoms with E-state index >= 15 is 0 Å². The molecule has 8 aromatic rings. The number of aryl methyl sites for hydroxylation is 6. The number of benzene rings is 6. The minimum absolute atomic E-state index is 0. The summed E-state index contributed by atoms with van der Waals surface area (Å²) in [4.78, 5) is 0. The summed E-state index contributed by atoms with van der Waals surface area (Å²) in [7, 11) is 0. The van der Waals surface area contributed by atoms with Crippen LogP contribution in [0.1, 0.15) is 33.4 Å². The summed E-state index contributed by atoms with van der Waals surface area (Å²) in [5.41, 5.74) is 14.2. The molecular weight excluding hydrogens is 743 g/mol. The topological polar surface area (TPSA) is 0 Å². The van der Waals surface area contributed by atoms with Crippen LogP contribution in [0, 0.1) is 28.7 Å². The van der Waals surface area contributed by atoms with Crippen molar-refractivity contribution >= 4 is 74.8 Å². The van der Waals surface area contributed by atoms with Crippen LogP contribution in [0.2, 0.25) is 0 Å². The zero-order chi connectivity index (χ0) is 31.4. The van der Waals surface area contributed by atoms with Crippen LogP contribution in [-0.2, 0) is 49.0 Å². The van der Waals surface area contributed by atoms with Crippen LogP contribution in [-0.4, -0.2) is 6.88 Å². The zero-order valence-corrected chi connectivity index (χ0v) is 34.3. The molecule has 2 radical (unpaired) electrons. The van der Waals surface area contributed by atoms with Gasteiger partial charge in [0.05, 0.1) is 0 Å². The van der Waals surface area contributed by atoms with Crippen LogP contribution in [0.25, 0.3) is 65.3 Å². The number of rotatable bonds is 2. The average Bonchev–Trinajstić information content (AvgIpc) is 3.88. The number of halogens is 2. The predicted molar refractivity (Wildman–Crippen MR) is 222 cm³/mol. The third kappa shape index (κ3) is 6.73. The van der Waals surface area contributed by atoms with Crippen molar-refractivity contribution < 1.29 is 23.3 Å². The normalized spacial score (nSPS) is 11.8. The van der Waals surface area contributed by atoms with Crippen LogP contribution in [0.5, 0.6) is 0 Å². The summed E-state index contributed by atoms with van der Waals surface area (Å²) in [5, 5.41) is 11.3. The van der Waals surface area contributed by atoms with Gasteiger partial charge >= 0.3 is 30.2 Å². The molecule has 8 aromatic carbocycles. The third-order valence-corrected chi connectivity index (χ3v) is 10.1. The van der Waals surface area contributed by atoms with Crippen molar-refractivity contribution in [1.82, 2.24) is 0 Å². The van der Waals surface area contributed by atoms with Crippen molar-refractivity contribution in [1.29, 1.82) is 0 Å². The van der Waals surface area contributed by atoms with Gasteiger partial charge in [-0.05, 0) is 80.6 Å². The second-order valence-corrected chi connectivity index (χ2v) is 12.9. The van der Waals surface area contributed by atoms with Gasteiger partial charge in [0.15, 0.2) is 0 Å². The van der Waals surface area contributed by atoms with Crippen LogP contribution in [0.3, 0.4) is 0 Å². The molecule has 0 N–H and O–H groups in total. The number of fused-ring (bicyclic) bond motifs is 2. The molecule has 0 bridgehead atoms. The van der Waals surface area contributed by atoms with Crippen molar-refractivity contribution in [3.63, 3.8) is 0 Å². The van der Waals surface area contributed by atoms with Gasteiger partial charge < -0.3 is 14.9 Å². The van der Waals surface area contributed by atoms with Gasteiger partial charge in [0.25, 0.3) is 0 Å². The molecule has 0 atom stereocenters. The Hall–Kier alpha value is -3.26. The quantitative estimate of drug-likeness (QED) is 0.121. The van der Waals surface area contributed by atoms with E-state index < -0.39 is 0 Å². The summed E-state index contributed by atoms with van der Waals surface area (Å²) in [6.07, 6.45) is 4.76. The summed E-state index contributed by atoms with van der Waals surface area (Å²) in [6, 6.07) is 45.4. The Kier molecular flexibility index (Phi) is 13.0. The van der Waals surface area contributed by atoms with E-state index in [-0.39, 0.29) is 39.7 Å². The van der Waals surface area contributed by atoms with E-state index in [4.69, 9.17) is 0 Å². The first-order valence-electron chi connectivity index (χ1n) is 16.3. The van der Waals surface area contributed by atoms with Gasteiger partial charge in [-0.25, -0.2) is 0 Å². The monoisotopic (exact) mass is 782 g/mol. The van der Waals surface area contributed by atoms with E-state index in [1.807, 2.05) is 0 Å². The molecule has 0 amide bonds. The second kappa shape index (κ2) is 16.4. The molecule has 0 heterocycles. The fraction of sp³-hybridized carbons (Fsp3) is 0.130. The van der Waals surface area contributed by atoms with E-state index in [1.54, 1.807) is 0 Å². The molecule has 252 valence electrons. The van der Waals surface area contributed by atoms with Gasteiger partial charge in [-0.1, -0.05) is 97.8 Å². The second-order valence-electron chi connectivity index (χ2n) is 12.9. The third-order valence-electron chi connectivity index (χ3n) is 10.1. The summed E-state index contributed by atoms with van der Waals surface area (Å²) < 4.78 is 0. The Morgan fingerprint density at radius 1 is 0.440 bits per heavy atom. The van der Waals surface area contributed by atoms with Crippen LogP contribution in [0.15, 0.2) is 121 Å². The Labute approximate surface area is 327 Å². The molecule has 4 heteroatoms. The molecule has 0 unspecified atom stereocenters. The SMILES string of the molecule is Cc1cc2c(-c3ccc4c5c(cccc35)CC4)cccc2[cH-]1.Cc1cc2c(-c3ccc4c5c(cccc35)CC4)cccc2[cH-]1.Cl.Cl.[CH3-].[CH3-].[Si]=[Zr]. The summed E-state index contributed by atoms with van der Waals surface area (Å²) in [5.74, 6) is 0. The zero-order valence-electron chi connectivity index (χ0n) is 29.2. The van der Waals surface area contributed by atoms with E-state index in [1.165, 1.54) is 148 Å². The average molecular weight is 785 g/mol. The fourth-order valence-corrected chi connectivity index (χ4v) is 8.20. The predicted octanol–water partition coefficient (Wildman–Crippen LogP) is 12.9. The van der Waals surface area contributed by atoms with Gasteiger partial charge in [0.2, 0.25) is 0 Å². The first-order valence-corrected chi connectivity index (χ1v) is 20.5. The molecule has 0 nitrogen and oxygen atoms in total. The maximum atomic E-state index is 3.06. The van der Waals surface area contributed by atoms with Crippen molar-refractivity contribution in [2.24, 2.45) is 0 Å². The first kappa shape index (κ1) is 39.5. The fourth-order valence-electron chi connectivity index (χ4n) is 8.20. The van der Waals surface area contributed by atoms with Crippen molar-refractivity contribution in [2.75, 3.05) is 0 Å². The maximum absolute atomic E-state index is 3.06. The molecule has 0 saturated carbocycles. The number of hydrogen-bond acceptors (Lipinski definition) is 0. The Morgan fingerprint density at radius 2 is 0.780 bits per heavy atom. The van der Waals surface area contributed by atoms with Crippen molar-refractivity contribution in [2.45, 2.75) is 39.5 Å². The molecule has 50 heavy (non-hydrogen) atoms. The molecular formula is C46H42Cl2SiZr-4. The molecule has 10 rings (SSSR count). The van der Waals surface area contributed by atoms with Gasteiger partial charge in [-0.3, -0.25) is 0 Å². The van der Waals surface area contributed by atoms with Crippen LogP contribution >= 0.6 is 24.8 Å². The molecule has 0 aromatic heterocycles. The molecule has 2 aliphatic rings. The van der Waals surface area contributed by atoms with Gasteiger partial charge in [0.1, 0.15) is 0 Å². The molecule has 0 fully saturated rings. The van der Waals surface area contributed by atoms with Crippen LogP contribution < -0.4 is 0 Å². The molecule has 0 saturated heterocycles. The van der Waals surface area contributed by atoms with Gasteiger partial charge in [-0.2, -0.15) is 12.1 Å². The molecule has 0 spiro atoms. The van der Waals surface area contributed by atoms with Crippen molar-refractivity contribution in [3.05, 3.63) is 170 Å². The van der Waals surface area contributed by atoms with E-state index in [0.717, 1.165) is 0 Å². The Bertz CT molecular complexity index is 2260. The first-order chi connectivity index (χ1) is 22.6.